The Hall–Kier alpha value is -4.73. The number of para-hydroxylation sites is 1. The minimum atomic E-state index is -1.20. The Morgan fingerprint density at radius 3 is 2.52 bits per heavy atom. The van der Waals surface area contributed by atoms with Crippen LogP contribution in [-0.4, -0.2) is 51.6 Å². The second kappa shape index (κ2) is 8.79. The molecule has 0 radical (unpaired) electrons. The van der Waals surface area contributed by atoms with Crippen LogP contribution in [0.25, 0.3) is 16.9 Å². The van der Waals surface area contributed by atoms with Crippen molar-refractivity contribution in [2.75, 3.05) is 24.4 Å². The summed E-state index contributed by atoms with van der Waals surface area (Å²) in [5.41, 5.74) is 3.06. The summed E-state index contributed by atoms with van der Waals surface area (Å²) in [6.45, 7) is 0. The first-order valence-corrected chi connectivity index (χ1v) is 9.78. The lowest BCUT2D eigenvalue weighted by Crippen LogP contribution is -2.28. The quantitative estimate of drug-likeness (QED) is 0.450. The van der Waals surface area contributed by atoms with Crippen LogP contribution in [-0.2, 0) is 4.74 Å². The summed E-state index contributed by atoms with van der Waals surface area (Å²) in [6, 6.07) is 13.3. The molecular formula is C23H19N5O5. The zero-order valence-corrected chi connectivity index (χ0v) is 17.7. The number of carbonyl (C=O) groups excluding carboxylic acids is 2. The van der Waals surface area contributed by atoms with Crippen molar-refractivity contribution >= 4 is 35.1 Å². The molecule has 3 aromatic heterocycles. The minimum absolute atomic E-state index is 0.196. The van der Waals surface area contributed by atoms with Crippen LogP contribution in [0.3, 0.4) is 0 Å². The van der Waals surface area contributed by atoms with Gasteiger partial charge in [-0.05, 0) is 36.4 Å². The number of hydrogen-bond donors (Lipinski definition) is 2. The van der Waals surface area contributed by atoms with Gasteiger partial charge in [0.2, 0.25) is 0 Å². The normalized spacial score (nSPS) is 10.6. The van der Waals surface area contributed by atoms with Gasteiger partial charge in [-0.25, -0.2) is 19.6 Å². The highest BCUT2D eigenvalue weighted by Crippen LogP contribution is 2.24. The summed E-state index contributed by atoms with van der Waals surface area (Å²) in [4.78, 5) is 45.9. The maximum atomic E-state index is 13.2. The zero-order valence-electron chi connectivity index (χ0n) is 17.7. The van der Waals surface area contributed by atoms with Gasteiger partial charge in [0, 0.05) is 25.0 Å². The Morgan fingerprint density at radius 2 is 1.82 bits per heavy atom. The van der Waals surface area contributed by atoms with Gasteiger partial charge in [-0.1, -0.05) is 12.1 Å². The van der Waals surface area contributed by atoms with Crippen LogP contribution in [0, 0.1) is 0 Å². The second-order valence-electron chi connectivity index (χ2n) is 7.02. The molecule has 166 valence electrons. The third-order valence-corrected chi connectivity index (χ3v) is 5.02. The number of methoxy groups -OCH3 is 1. The molecule has 0 fully saturated rings. The van der Waals surface area contributed by atoms with Crippen molar-refractivity contribution in [3.05, 3.63) is 78.2 Å². The van der Waals surface area contributed by atoms with Crippen LogP contribution in [0.2, 0.25) is 0 Å². The Balaban J connectivity index is 1.68. The molecule has 1 aromatic carbocycles. The number of carbonyl (C=O) groups is 3. The Kier molecular flexibility index (Phi) is 5.73. The van der Waals surface area contributed by atoms with Crippen LogP contribution in [0.15, 0.2) is 67.1 Å². The van der Waals surface area contributed by atoms with Gasteiger partial charge in [0.1, 0.15) is 11.5 Å². The number of ether oxygens (including phenoxy) is 1. The molecule has 3 heterocycles. The lowest BCUT2D eigenvalue weighted by Gasteiger charge is -2.20. The smallest absolute Gasteiger partial charge is 0.410 e. The van der Waals surface area contributed by atoms with Gasteiger partial charge in [0.15, 0.2) is 0 Å². The number of nitrogens with one attached hydrogen (secondary N) is 1. The predicted octanol–water partition coefficient (Wildman–Crippen LogP) is 3.55. The largest absolute Gasteiger partial charge is 0.465 e. The number of amides is 2. The van der Waals surface area contributed by atoms with E-state index in [-0.39, 0.29) is 17.3 Å². The highest BCUT2D eigenvalue weighted by atomic mass is 16.5. The molecule has 0 saturated heterocycles. The molecule has 2 N–H and O–H groups in total. The summed E-state index contributed by atoms with van der Waals surface area (Å²) in [7, 11) is 2.87. The monoisotopic (exact) mass is 445 g/mol. The molecule has 2 amide bonds. The molecule has 0 aliphatic rings. The van der Waals surface area contributed by atoms with Gasteiger partial charge in [0.25, 0.3) is 5.91 Å². The van der Waals surface area contributed by atoms with Crippen LogP contribution in [0.1, 0.15) is 20.7 Å². The minimum Gasteiger partial charge on any atom is -0.465 e. The predicted molar refractivity (Wildman–Crippen MR) is 121 cm³/mol. The number of nitrogens with zero attached hydrogens (tertiary/aromatic N) is 4. The van der Waals surface area contributed by atoms with E-state index in [1.807, 2.05) is 0 Å². The zero-order chi connectivity index (χ0) is 23.5. The number of rotatable bonds is 5. The topological polar surface area (TPSA) is 126 Å². The number of hydrogen-bond acceptors (Lipinski definition) is 6. The first kappa shape index (κ1) is 21.5. The van der Waals surface area contributed by atoms with Gasteiger partial charge < -0.3 is 14.7 Å². The number of imidazole rings is 1. The fourth-order valence-electron chi connectivity index (χ4n) is 3.40. The number of carboxylic acid groups (broad SMARTS) is 1. The van der Waals surface area contributed by atoms with Crippen molar-refractivity contribution < 1.29 is 24.2 Å². The lowest BCUT2D eigenvalue weighted by molar-refractivity contribution is 0.0601. The van der Waals surface area contributed by atoms with Crippen LogP contribution in [0.5, 0.6) is 0 Å². The molecule has 0 spiro atoms. The van der Waals surface area contributed by atoms with Crippen molar-refractivity contribution in [3.63, 3.8) is 0 Å². The average molecular weight is 445 g/mol. The van der Waals surface area contributed by atoms with Crippen molar-refractivity contribution in [1.82, 2.24) is 14.4 Å². The van der Waals surface area contributed by atoms with E-state index in [2.05, 4.69) is 15.3 Å². The summed E-state index contributed by atoms with van der Waals surface area (Å²) < 4.78 is 6.57. The molecule has 0 aliphatic carbocycles. The fourth-order valence-corrected chi connectivity index (χ4v) is 3.40. The highest BCUT2D eigenvalue weighted by Gasteiger charge is 2.21. The molecule has 0 unspecified atom stereocenters. The first-order valence-electron chi connectivity index (χ1n) is 9.78. The van der Waals surface area contributed by atoms with E-state index < -0.39 is 12.1 Å². The number of anilines is 2. The van der Waals surface area contributed by atoms with E-state index in [0.717, 1.165) is 0 Å². The van der Waals surface area contributed by atoms with E-state index >= 15 is 0 Å². The van der Waals surface area contributed by atoms with Gasteiger partial charge in [0.05, 0.1) is 35.8 Å². The van der Waals surface area contributed by atoms with Crippen LogP contribution in [0.4, 0.5) is 16.3 Å². The molecule has 4 rings (SSSR count). The van der Waals surface area contributed by atoms with Gasteiger partial charge >= 0.3 is 12.1 Å². The van der Waals surface area contributed by atoms with E-state index in [1.54, 1.807) is 66.3 Å². The van der Waals surface area contributed by atoms with Gasteiger partial charge in [-0.3, -0.25) is 14.5 Å². The average Bonchev–Trinajstić information content (AvgIpc) is 3.26. The van der Waals surface area contributed by atoms with Gasteiger partial charge in [-0.2, -0.15) is 0 Å². The van der Waals surface area contributed by atoms with Crippen LogP contribution < -0.4 is 10.2 Å². The van der Waals surface area contributed by atoms with Crippen molar-refractivity contribution in [1.29, 1.82) is 0 Å². The van der Waals surface area contributed by atoms with Gasteiger partial charge in [-0.15, -0.1) is 0 Å². The van der Waals surface area contributed by atoms with Crippen molar-refractivity contribution in [2.24, 2.45) is 0 Å². The molecule has 10 heteroatoms. The molecule has 0 bridgehead atoms. The van der Waals surface area contributed by atoms with E-state index in [9.17, 15) is 14.4 Å². The molecule has 0 atom stereocenters. The number of benzene rings is 1. The molecule has 0 aliphatic heterocycles. The maximum absolute atomic E-state index is 13.2. The summed E-state index contributed by atoms with van der Waals surface area (Å²) >= 11 is 0. The van der Waals surface area contributed by atoms with Crippen LogP contribution >= 0.6 is 0 Å². The lowest BCUT2D eigenvalue weighted by atomic mass is 10.1. The Morgan fingerprint density at radius 1 is 1.03 bits per heavy atom. The Bertz CT molecular complexity index is 1360. The summed E-state index contributed by atoms with van der Waals surface area (Å²) in [5.74, 6) is -0.667. The molecule has 4 aromatic rings. The van der Waals surface area contributed by atoms with E-state index in [1.165, 1.54) is 24.3 Å². The summed E-state index contributed by atoms with van der Waals surface area (Å²) in [5, 5.41) is 11.0. The highest BCUT2D eigenvalue weighted by molar-refractivity contribution is 6.09. The number of aromatic nitrogens is 3. The first-order chi connectivity index (χ1) is 15.9. The Labute approximate surface area is 188 Å². The fraction of sp³-hybridized carbons (Fsp3) is 0.0870. The standard InChI is InChI=1S/C23H19N5O5/c1-27(17-6-4-3-5-16(17)22(30)33-2)21(29)15-8-10-20-25-12-18(28(20)13-15)14-7-9-19(24-11-14)26-23(31)32/h3-13H,1-2H3,(H,24,26)(H,31,32). The molecule has 10 nitrogen and oxygen atoms in total. The van der Waals surface area contributed by atoms with E-state index in [0.29, 0.717) is 28.2 Å². The number of pyridine rings is 2. The second-order valence-corrected chi connectivity index (χ2v) is 7.02. The van der Waals surface area contributed by atoms with Crippen molar-refractivity contribution in [2.45, 2.75) is 0 Å². The van der Waals surface area contributed by atoms with E-state index in [4.69, 9.17) is 9.84 Å². The number of fused-ring (bicyclic) bond motifs is 1. The molecule has 0 saturated carbocycles. The summed E-state index contributed by atoms with van der Waals surface area (Å²) in [6.07, 6.45) is 3.61. The SMILES string of the molecule is COC(=O)c1ccccc1N(C)C(=O)c1ccc2ncc(-c3ccc(NC(=O)O)nc3)n2c1. The molecule has 33 heavy (non-hydrogen) atoms. The third kappa shape index (κ3) is 4.22. The number of esters is 1. The maximum Gasteiger partial charge on any atom is 0.410 e. The third-order valence-electron chi connectivity index (χ3n) is 5.02. The molecular weight excluding hydrogens is 426 g/mol. The van der Waals surface area contributed by atoms with Crippen molar-refractivity contribution in [3.8, 4) is 11.3 Å².